The van der Waals surface area contributed by atoms with E-state index in [-0.39, 0.29) is 12.1 Å². The molecule has 0 aromatic heterocycles. The van der Waals surface area contributed by atoms with Gasteiger partial charge in [-0.2, -0.15) is 0 Å². The molecule has 33 heavy (non-hydrogen) atoms. The fourth-order valence-electron chi connectivity index (χ4n) is 4.61. The topological polar surface area (TPSA) is 78.8 Å². The minimum atomic E-state index is -1.11. The number of carboxylic acids is 1. The van der Waals surface area contributed by atoms with Crippen molar-refractivity contribution in [1.82, 2.24) is 5.32 Å². The number of carboxylic acid groups (broad SMARTS) is 1. The van der Waals surface area contributed by atoms with Crippen molar-refractivity contribution >= 4 is 12.0 Å². The van der Waals surface area contributed by atoms with Crippen molar-refractivity contribution in [2.75, 3.05) is 13.2 Å². The molecule has 3 rings (SSSR count). The Morgan fingerprint density at radius 3 is 2.55 bits per heavy atom. The summed E-state index contributed by atoms with van der Waals surface area (Å²) in [6.45, 7) is 6.62. The van der Waals surface area contributed by atoms with Crippen LogP contribution < -0.4 is 5.32 Å². The summed E-state index contributed by atoms with van der Waals surface area (Å²) in [5, 5.41) is 22.8. The Kier molecular flexibility index (Phi) is 8.40. The van der Waals surface area contributed by atoms with E-state index in [4.69, 9.17) is 9.84 Å². The molecule has 0 heterocycles. The third kappa shape index (κ3) is 7.49. The first kappa shape index (κ1) is 25.1. The van der Waals surface area contributed by atoms with Crippen molar-refractivity contribution in [3.05, 3.63) is 76.6 Å². The highest BCUT2D eigenvalue weighted by atomic mass is 19.1. The maximum Gasteiger partial charge on any atom is 0.328 e. The Bertz CT molecular complexity index is 963. The lowest BCUT2D eigenvalue weighted by molar-refractivity contribution is -0.131. The molecule has 0 radical (unpaired) electrons. The second-order valence-electron chi connectivity index (χ2n) is 9.59. The molecule has 2 aromatic carbocycles. The molecule has 6 heteroatoms. The molecule has 5 nitrogen and oxygen atoms in total. The molecule has 0 saturated carbocycles. The molecule has 0 bridgehead atoms. The number of hydrogen-bond acceptors (Lipinski definition) is 4. The van der Waals surface area contributed by atoms with Gasteiger partial charge >= 0.3 is 5.97 Å². The minimum absolute atomic E-state index is 0.110. The Morgan fingerprint density at radius 1 is 1.24 bits per heavy atom. The number of aliphatic hydroxyl groups is 1. The zero-order chi connectivity index (χ0) is 24.0. The summed E-state index contributed by atoms with van der Waals surface area (Å²) in [5.74, 6) is -0.966. The molecule has 0 spiro atoms. The van der Waals surface area contributed by atoms with Gasteiger partial charge in [-0.05, 0) is 86.4 Å². The lowest BCUT2D eigenvalue weighted by Gasteiger charge is -2.31. The molecule has 3 N–H and O–H groups in total. The summed E-state index contributed by atoms with van der Waals surface area (Å²) in [6, 6.07) is 12.8. The minimum Gasteiger partial charge on any atom is -0.478 e. The monoisotopic (exact) mass is 455 g/mol. The predicted molar refractivity (Wildman–Crippen MR) is 127 cm³/mol. The second-order valence-corrected chi connectivity index (χ2v) is 9.59. The first-order valence-electron chi connectivity index (χ1n) is 11.4. The number of fused-ring (bicyclic) bond motifs is 1. The van der Waals surface area contributed by atoms with Crippen molar-refractivity contribution in [1.29, 1.82) is 0 Å². The maximum atomic E-state index is 13.6. The number of β-amino-alcohol motifs (C(OH)–C–C–N with tert-alkyl or cyclic N) is 1. The zero-order valence-electron chi connectivity index (χ0n) is 19.6. The number of halogens is 1. The standard InChI is InChI=1S/C27H34FNO4/c1-18(25-10-9-23(28)14-22(25)8-11-26(31)32)33-17-24(30)16-29-27(2,3)15-19-12-20-6-4-5-7-21(20)13-19/h4-11,14,18-19,24,29-30H,12-13,15-17H2,1-3H3,(H,31,32)/b11-8+/t18-,24-/m1/s1. The largest absolute Gasteiger partial charge is 0.478 e. The van der Waals surface area contributed by atoms with E-state index in [0.29, 0.717) is 23.6 Å². The molecular weight excluding hydrogens is 421 g/mol. The Hall–Kier alpha value is -2.54. The van der Waals surface area contributed by atoms with Crippen LogP contribution in [-0.2, 0) is 22.4 Å². The van der Waals surface area contributed by atoms with Gasteiger partial charge in [-0.25, -0.2) is 9.18 Å². The predicted octanol–water partition coefficient (Wildman–Crippen LogP) is 4.54. The Labute approximate surface area is 195 Å². The molecule has 0 unspecified atom stereocenters. The molecule has 178 valence electrons. The van der Waals surface area contributed by atoms with E-state index in [0.717, 1.165) is 25.3 Å². The van der Waals surface area contributed by atoms with Crippen LogP contribution in [0.25, 0.3) is 6.08 Å². The van der Waals surface area contributed by atoms with E-state index in [1.165, 1.54) is 29.3 Å². The van der Waals surface area contributed by atoms with Gasteiger partial charge in [0.15, 0.2) is 0 Å². The van der Waals surface area contributed by atoms with Crippen molar-refractivity contribution in [3.8, 4) is 0 Å². The quantitative estimate of drug-likeness (QED) is 0.434. The Morgan fingerprint density at radius 2 is 1.91 bits per heavy atom. The van der Waals surface area contributed by atoms with Crippen molar-refractivity contribution in [2.45, 2.75) is 57.8 Å². The van der Waals surface area contributed by atoms with Crippen LogP contribution in [0.15, 0.2) is 48.5 Å². The third-order valence-corrected chi connectivity index (χ3v) is 6.18. The number of nitrogens with one attached hydrogen (secondary N) is 1. The van der Waals surface area contributed by atoms with Crippen LogP contribution in [0.1, 0.15) is 55.5 Å². The molecule has 1 aliphatic carbocycles. The number of ether oxygens (including phenoxy) is 1. The summed E-state index contributed by atoms with van der Waals surface area (Å²) >= 11 is 0. The van der Waals surface area contributed by atoms with Gasteiger partial charge in [-0.3, -0.25) is 0 Å². The van der Waals surface area contributed by atoms with Gasteiger partial charge in [0.2, 0.25) is 0 Å². The zero-order valence-corrected chi connectivity index (χ0v) is 19.6. The normalized spacial score (nSPS) is 16.2. The Balaban J connectivity index is 1.47. The molecule has 0 aliphatic heterocycles. The van der Waals surface area contributed by atoms with E-state index in [1.807, 2.05) is 0 Å². The lowest BCUT2D eigenvalue weighted by Crippen LogP contribution is -2.45. The fraction of sp³-hybridized carbons (Fsp3) is 0.444. The van der Waals surface area contributed by atoms with E-state index < -0.39 is 24.0 Å². The van der Waals surface area contributed by atoms with E-state index in [1.54, 1.807) is 13.0 Å². The number of benzene rings is 2. The summed E-state index contributed by atoms with van der Waals surface area (Å²) in [6.07, 6.45) is 4.39. The van der Waals surface area contributed by atoms with Crippen LogP contribution >= 0.6 is 0 Å². The van der Waals surface area contributed by atoms with E-state index in [2.05, 4.69) is 43.4 Å². The molecule has 1 aliphatic rings. The van der Waals surface area contributed by atoms with Crippen molar-refractivity contribution in [2.24, 2.45) is 5.92 Å². The molecule has 2 aromatic rings. The average Bonchev–Trinajstić information content (AvgIpc) is 3.16. The maximum absolute atomic E-state index is 13.6. The molecule has 0 amide bonds. The summed E-state index contributed by atoms with van der Waals surface area (Å²) in [7, 11) is 0. The van der Waals surface area contributed by atoms with Crippen LogP contribution in [0.2, 0.25) is 0 Å². The lowest BCUT2D eigenvalue weighted by atomic mass is 9.88. The first-order chi connectivity index (χ1) is 15.6. The summed E-state index contributed by atoms with van der Waals surface area (Å²) in [5.41, 5.74) is 3.87. The van der Waals surface area contributed by atoms with Gasteiger partial charge in [0.25, 0.3) is 0 Å². The van der Waals surface area contributed by atoms with E-state index in [9.17, 15) is 14.3 Å². The number of aliphatic carboxylic acids is 1. The summed E-state index contributed by atoms with van der Waals surface area (Å²) < 4.78 is 19.4. The van der Waals surface area contributed by atoms with Crippen LogP contribution in [0.5, 0.6) is 0 Å². The molecule has 2 atom stereocenters. The van der Waals surface area contributed by atoms with Gasteiger partial charge in [-0.1, -0.05) is 30.3 Å². The summed E-state index contributed by atoms with van der Waals surface area (Å²) in [4.78, 5) is 10.8. The van der Waals surface area contributed by atoms with Gasteiger partial charge < -0.3 is 20.3 Å². The number of rotatable bonds is 11. The van der Waals surface area contributed by atoms with Crippen LogP contribution in [-0.4, -0.2) is 41.0 Å². The van der Waals surface area contributed by atoms with Gasteiger partial charge in [0.05, 0.1) is 18.8 Å². The highest BCUT2D eigenvalue weighted by Gasteiger charge is 2.28. The molecule has 0 saturated heterocycles. The second kappa shape index (κ2) is 11.1. The number of hydrogen-bond donors (Lipinski definition) is 3. The third-order valence-electron chi connectivity index (χ3n) is 6.18. The van der Waals surface area contributed by atoms with E-state index >= 15 is 0 Å². The van der Waals surface area contributed by atoms with Gasteiger partial charge in [-0.15, -0.1) is 0 Å². The fourth-order valence-corrected chi connectivity index (χ4v) is 4.61. The highest BCUT2D eigenvalue weighted by molar-refractivity contribution is 5.85. The van der Waals surface area contributed by atoms with Gasteiger partial charge in [0, 0.05) is 18.2 Å². The molecule has 0 fully saturated rings. The number of aliphatic hydroxyl groups excluding tert-OH is 1. The van der Waals surface area contributed by atoms with Crippen molar-refractivity contribution in [3.63, 3.8) is 0 Å². The smallest absolute Gasteiger partial charge is 0.328 e. The number of carbonyl (C=O) groups is 1. The van der Waals surface area contributed by atoms with Crippen LogP contribution in [0.4, 0.5) is 4.39 Å². The van der Waals surface area contributed by atoms with Gasteiger partial charge in [0.1, 0.15) is 5.82 Å². The highest BCUT2D eigenvalue weighted by Crippen LogP contribution is 2.32. The first-order valence-corrected chi connectivity index (χ1v) is 11.4. The van der Waals surface area contributed by atoms with Crippen LogP contribution in [0.3, 0.4) is 0 Å². The van der Waals surface area contributed by atoms with Crippen LogP contribution in [0, 0.1) is 11.7 Å². The molecular formula is C27H34FNO4. The van der Waals surface area contributed by atoms with Crippen molar-refractivity contribution < 1.29 is 24.1 Å². The SMILES string of the molecule is C[C@@H](OC[C@H](O)CNC(C)(C)CC1Cc2ccccc2C1)c1ccc(F)cc1/C=C/C(=O)O. The average molecular weight is 456 g/mol.